The molecule has 3 heterocycles. The lowest BCUT2D eigenvalue weighted by Gasteiger charge is -2.03. The van der Waals surface area contributed by atoms with Crippen molar-refractivity contribution in [2.75, 3.05) is 0 Å². The average Bonchev–Trinajstić information content (AvgIpc) is 3.62. The number of hydrogen-bond donors (Lipinski definition) is 1. The quantitative estimate of drug-likeness (QED) is 0.263. The molecule has 0 radical (unpaired) electrons. The lowest BCUT2D eigenvalue weighted by atomic mass is 10.2. The molecule has 4 rings (SSSR count). The summed E-state index contributed by atoms with van der Waals surface area (Å²) in [6.45, 7) is 11.5. The maximum Gasteiger partial charge on any atom is 0.335 e. The Labute approximate surface area is 211 Å². The molecule has 1 aliphatic rings. The van der Waals surface area contributed by atoms with Gasteiger partial charge in [-0.15, -0.1) is 0 Å². The summed E-state index contributed by atoms with van der Waals surface area (Å²) in [7, 11) is 0. The molecule has 6 nitrogen and oxygen atoms in total. The van der Waals surface area contributed by atoms with E-state index in [1.54, 1.807) is 24.4 Å². The Morgan fingerprint density at radius 1 is 1.21 bits per heavy atom. The van der Waals surface area contributed by atoms with Gasteiger partial charge in [-0.1, -0.05) is 71.1 Å². The summed E-state index contributed by atoms with van der Waals surface area (Å²) < 4.78 is 1.99. The third-order valence-electron chi connectivity index (χ3n) is 4.28. The fraction of sp³-hybridized carbons (Fsp3) is 0.308. The summed E-state index contributed by atoms with van der Waals surface area (Å²) in [6, 6.07) is 9.68. The van der Waals surface area contributed by atoms with E-state index in [-0.39, 0.29) is 13.0 Å². The van der Waals surface area contributed by atoms with Crippen LogP contribution in [0, 0.1) is 0 Å². The first kappa shape index (κ1) is 29.1. The minimum atomic E-state index is -1.06. The Morgan fingerprint density at radius 2 is 1.91 bits per heavy atom. The van der Waals surface area contributed by atoms with Gasteiger partial charge in [0, 0.05) is 12.4 Å². The molecular weight excluding hydrogens is 468 g/mol. The van der Waals surface area contributed by atoms with Gasteiger partial charge in [0.05, 0.1) is 32.9 Å². The predicted octanol–water partition coefficient (Wildman–Crippen LogP) is 7.82. The highest BCUT2D eigenvalue weighted by Gasteiger charge is 2.27. The first-order valence-corrected chi connectivity index (χ1v) is 12.2. The van der Waals surface area contributed by atoms with Crippen LogP contribution in [0.15, 0.2) is 70.9 Å². The minimum Gasteiger partial charge on any atom is -0.478 e. The number of nitrogens with zero attached hydrogens (tertiary/aromatic N) is 4. The zero-order chi connectivity index (χ0) is 24.4. The van der Waals surface area contributed by atoms with Crippen molar-refractivity contribution >= 4 is 35.4 Å². The molecule has 1 aliphatic carbocycles. The average molecular weight is 501 g/mol. The van der Waals surface area contributed by atoms with Crippen LogP contribution in [0.2, 0.25) is 5.02 Å². The molecule has 0 unspecified atom stereocenters. The largest absolute Gasteiger partial charge is 0.478 e. The predicted molar refractivity (Wildman–Crippen MR) is 142 cm³/mol. The van der Waals surface area contributed by atoms with Crippen molar-refractivity contribution in [2.45, 2.75) is 63.9 Å². The molecule has 1 N–H and O–H groups in total. The van der Waals surface area contributed by atoms with Crippen molar-refractivity contribution in [1.29, 1.82) is 0 Å². The van der Waals surface area contributed by atoms with Gasteiger partial charge in [0.15, 0.2) is 0 Å². The van der Waals surface area contributed by atoms with Crippen LogP contribution in [0.1, 0.15) is 59.7 Å². The molecule has 0 aromatic carbocycles. The van der Waals surface area contributed by atoms with Crippen molar-refractivity contribution in [3.63, 3.8) is 0 Å². The molecule has 0 bridgehead atoms. The van der Waals surface area contributed by atoms with Gasteiger partial charge in [-0.25, -0.2) is 14.8 Å². The van der Waals surface area contributed by atoms with Gasteiger partial charge in [0.2, 0.25) is 0 Å². The number of hydrogen-bond acceptors (Lipinski definition) is 5. The molecule has 0 saturated heterocycles. The van der Waals surface area contributed by atoms with E-state index in [0.717, 1.165) is 28.5 Å². The molecule has 3 aromatic heterocycles. The van der Waals surface area contributed by atoms with Crippen LogP contribution < -0.4 is 0 Å². The number of rotatable bonds is 7. The lowest BCUT2D eigenvalue weighted by molar-refractivity contribution is -0.132. The molecule has 34 heavy (non-hydrogen) atoms. The maximum absolute atomic E-state index is 10.9. The maximum atomic E-state index is 10.9. The van der Waals surface area contributed by atoms with Crippen molar-refractivity contribution in [3.05, 3.63) is 71.7 Å². The number of carbonyl (C=O) groups is 1. The lowest BCUT2D eigenvalue weighted by Crippen LogP contribution is -1.96. The van der Waals surface area contributed by atoms with Gasteiger partial charge >= 0.3 is 5.97 Å². The second kappa shape index (κ2) is 14.4. The molecule has 1 saturated carbocycles. The van der Waals surface area contributed by atoms with Gasteiger partial charge in [0.1, 0.15) is 10.7 Å². The highest BCUT2D eigenvalue weighted by Crippen LogP contribution is 2.40. The van der Waals surface area contributed by atoms with Crippen LogP contribution in [-0.4, -0.2) is 30.8 Å². The second-order valence-corrected chi connectivity index (χ2v) is 8.08. The summed E-state index contributed by atoms with van der Waals surface area (Å²) in [6.07, 6.45) is 8.96. The number of carboxylic acids is 1. The number of aliphatic carboxylic acids is 1. The molecule has 0 amide bonds. The van der Waals surface area contributed by atoms with Crippen molar-refractivity contribution in [1.82, 2.24) is 19.7 Å². The molecule has 182 valence electrons. The van der Waals surface area contributed by atoms with E-state index in [9.17, 15) is 4.79 Å². The van der Waals surface area contributed by atoms with Gasteiger partial charge in [-0.05, 0) is 49.3 Å². The van der Waals surface area contributed by atoms with E-state index in [1.807, 2.05) is 56.8 Å². The third kappa shape index (κ3) is 8.15. The SMILES string of the molecule is C.C=C(/C=C\c1cccc(-c2nn(C3CC3)cc2Sc2ccc(Cl)cn2)n1)C(=O)O.CC.CC. The number of aromatic nitrogens is 4. The summed E-state index contributed by atoms with van der Waals surface area (Å²) in [5.41, 5.74) is 2.11. The Hall–Kier alpha value is -2.90. The summed E-state index contributed by atoms with van der Waals surface area (Å²) >= 11 is 7.45. The van der Waals surface area contributed by atoms with Gasteiger partial charge in [-0.2, -0.15) is 5.10 Å². The first-order chi connectivity index (χ1) is 16.0. The van der Waals surface area contributed by atoms with E-state index in [2.05, 4.69) is 16.5 Å². The van der Waals surface area contributed by atoms with Crippen LogP contribution in [0.3, 0.4) is 0 Å². The number of carboxylic acid groups (broad SMARTS) is 1. The van der Waals surface area contributed by atoms with E-state index < -0.39 is 5.97 Å². The first-order valence-electron chi connectivity index (χ1n) is 11.0. The number of pyridine rings is 2. The highest BCUT2D eigenvalue weighted by atomic mass is 35.5. The topological polar surface area (TPSA) is 80.9 Å². The Bertz CT molecular complexity index is 1110. The Balaban J connectivity index is 0.00000110. The van der Waals surface area contributed by atoms with Crippen LogP contribution >= 0.6 is 23.4 Å². The van der Waals surface area contributed by atoms with E-state index in [0.29, 0.717) is 22.5 Å². The molecule has 1 fully saturated rings. The van der Waals surface area contributed by atoms with Crippen LogP contribution in [0.5, 0.6) is 0 Å². The van der Waals surface area contributed by atoms with Crippen molar-refractivity contribution < 1.29 is 9.90 Å². The molecule has 3 aromatic rings. The molecule has 0 atom stereocenters. The van der Waals surface area contributed by atoms with E-state index >= 15 is 0 Å². The fourth-order valence-electron chi connectivity index (χ4n) is 2.62. The van der Waals surface area contributed by atoms with Crippen molar-refractivity contribution in [3.8, 4) is 11.4 Å². The van der Waals surface area contributed by atoms with Gasteiger partial charge in [-0.3, -0.25) is 4.68 Å². The molecule has 0 spiro atoms. The zero-order valence-corrected chi connectivity index (χ0v) is 20.9. The monoisotopic (exact) mass is 500 g/mol. The van der Waals surface area contributed by atoms with Crippen LogP contribution in [0.4, 0.5) is 0 Å². The van der Waals surface area contributed by atoms with Crippen molar-refractivity contribution in [2.24, 2.45) is 0 Å². The minimum absolute atomic E-state index is 0. The number of halogens is 1. The fourth-order valence-corrected chi connectivity index (χ4v) is 3.60. The molecular formula is C26H33ClN4O2S. The molecule has 0 aliphatic heterocycles. The van der Waals surface area contributed by atoms with Crippen LogP contribution in [-0.2, 0) is 4.79 Å². The van der Waals surface area contributed by atoms with Gasteiger partial charge in [0.25, 0.3) is 0 Å². The standard InChI is InChI=1S/C21H17ClN4O2S.2C2H6.CH4/c1-13(21(27)28)5-7-15-3-2-4-17(24-15)20-18(12-26(25-20)16-8-9-16)29-19-10-6-14(22)11-23-19;2*1-2;/h2-7,10-12,16H,1,8-9H2,(H,27,28);2*1-2H3;1H4/b7-5-;;;. The Morgan fingerprint density at radius 3 is 2.50 bits per heavy atom. The third-order valence-corrected chi connectivity index (χ3v) is 5.47. The van der Waals surface area contributed by atoms with E-state index in [4.69, 9.17) is 21.8 Å². The summed E-state index contributed by atoms with van der Waals surface area (Å²) in [5, 5.41) is 15.1. The normalized spacial score (nSPS) is 12.0. The Kier molecular flexibility index (Phi) is 12.3. The summed E-state index contributed by atoms with van der Waals surface area (Å²) in [4.78, 5) is 20.9. The second-order valence-electron chi connectivity index (χ2n) is 6.58. The molecule has 8 heteroatoms. The highest BCUT2D eigenvalue weighted by molar-refractivity contribution is 7.99. The summed E-state index contributed by atoms with van der Waals surface area (Å²) in [5.74, 6) is -1.06. The smallest absolute Gasteiger partial charge is 0.335 e. The van der Waals surface area contributed by atoms with Gasteiger partial charge < -0.3 is 5.11 Å². The van der Waals surface area contributed by atoms with Crippen LogP contribution in [0.25, 0.3) is 17.5 Å². The van der Waals surface area contributed by atoms with E-state index in [1.165, 1.54) is 17.8 Å². The zero-order valence-electron chi connectivity index (χ0n) is 19.3.